The van der Waals surface area contributed by atoms with Crippen LogP contribution in [0.15, 0.2) is 0 Å². The third kappa shape index (κ3) is 5.00. The topological polar surface area (TPSA) is 78.9 Å². The second kappa shape index (κ2) is 8.09. The molecule has 0 saturated carbocycles. The van der Waals surface area contributed by atoms with Crippen LogP contribution in [0.4, 0.5) is 4.79 Å². The number of hydrogen-bond donors (Lipinski definition) is 2. The normalized spacial score (nSPS) is 21.4. The molecule has 116 valence electrons. The lowest BCUT2D eigenvalue weighted by Gasteiger charge is -2.22. The van der Waals surface area contributed by atoms with E-state index < -0.39 is 12.1 Å². The molecule has 0 aliphatic carbocycles. The van der Waals surface area contributed by atoms with Crippen LogP contribution in [-0.4, -0.2) is 54.9 Å². The number of aliphatic carboxylic acids is 1. The highest BCUT2D eigenvalue weighted by atomic mass is 16.5. The van der Waals surface area contributed by atoms with Crippen LogP contribution in [0.1, 0.15) is 33.1 Å². The first-order chi connectivity index (χ1) is 9.45. The maximum Gasteiger partial charge on any atom is 0.334 e. The molecule has 20 heavy (non-hydrogen) atoms. The summed E-state index contributed by atoms with van der Waals surface area (Å²) in [6.07, 6.45) is 2.17. The summed E-state index contributed by atoms with van der Waals surface area (Å²) in [6, 6.07) is -0.197. The molecule has 0 radical (unpaired) electrons. The van der Waals surface area contributed by atoms with Crippen molar-refractivity contribution in [1.29, 1.82) is 0 Å². The van der Waals surface area contributed by atoms with E-state index in [4.69, 9.17) is 9.84 Å². The summed E-state index contributed by atoms with van der Waals surface area (Å²) in [7, 11) is 1.32. The molecule has 1 aliphatic rings. The summed E-state index contributed by atoms with van der Waals surface area (Å²) in [6.45, 7) is 5.90. The average molecular weight is 286 g/mol. The van der Waals surface area contributed by atoms with E-state index >= 15 is 0 Å². The van der Waals surface area contributed by atoms with Crippen molar-refractivity contribution in [2.24, 2.45) is 11.8 Å². The van der Waals surface area contributed by atoms with Gasteiger partial charge in [-0.1, -0.05) is 13.8 Å². The Morgan fingerprint density at radius 1 is 1.35 bits per heavy atom. The Balaban J connectivity index is 2.42. The summed E-state index contributed by atoms with van der Waals surface area (Å²) < 4.78 is 4.79. The Morgan fingerprint density at radius 3 is 2.60 bits per heavy atom. The van der Waals surface area contributed by atoms with Crippen LogP contribution >= 0.6 is 0 Å². The quantitative estimate of drug-likeness (QED) is 0.804. The van der Waals surface area contributed by atoms with E-state index in [0.717, 1.165) is 32.4 Å². The minimum Gasteiger partial charge on any atom is -0.479 e. The minimum atomic E-state index is -1.07. The highest BCUT2D eigenvalue weighted by molar-refractivity contribution is 5.77. The Morgan fingerprint density at radius 2 is 2.05 bits per heavy atom. The standard InChI is InChI=1S/C14H26N2O4/c1-10(2)11-5-4-7-16(8-6-11)14(19)15-9-12(20-3)13(17)18/h10-12H,4-9H2,1-3H3,(H,15,19)(H,17,18). The van der Waals surface area contributed by atoms with Crippen molar-refractivity contribution in [3.8, 4) is 0 Å². The molecule has 0 aromatic carbocycles. The number of rotatable bonds is 5. The third-order valence-corrected chi connectivity index (χ3v) is 4.00. The van der Waals surface area contributed by atoms with Gasteiger partial charge < -0.3 is 20.1 Å². The zero-order chi connectivity index (χ0) is 15.1. The van der Waals surface area contributed by atoms with Gasteiger partial charge in [-0.05, 0) is 31.1 Å². The number of ether oxygens (including phenoxy) is 1. The number of hydrogen-bond acceptors (Lipinski definition) is 3. The molecule has 1 saturated heterocycles. The number of carbonyl (C=O) groups excluding carboxylic acids is 1. The van der Waals surface area contributed by atoms with E-state index in [1.54, 1.807) is 4.90 Å². The van der Waals surface area contributed by atoms with Crippen molar-refractivity contribution in [3.63, 3.8) is 0 Å². The van der Waals surface area contributed by atoms with Crippen LogP contribution in [-0.2, 0) is 9.53 Å². The number of amides is 2. The lowest BCUT2D eigenvalue weighted by atomic mass is 9.89. The van der Waals surface area contributed by atoms with Crippen LogP contribution in [0.3, 0.4) is 0 Å². The van der Waals surface area contributed by atoms with Crippen molar-refractivity contribution in [2.45, 2.75) is 39.2 Å². The Hall–Kier alpha value is -1.30. The fourth-order valence-electron chi connectivity index (χ4n) is 2.56. The molecule has 1 rings (SSSR count). The van der Waals surface area contributed by atoms with Crippen molar-refractivity contribution in [3.05, 3.63) is 0 Å². The first kappa shape index (κ1) is 16.8. The Bertz CT molecular complexity index is 333. The molecule has 1 fully saturated rings. The maximum atomic E-state index is 12.0. The van der Waals surface area contributed by atoms with Crippen LogP contribution < -0.4 is 5.32 Å². The summed E-state index contributed by atoms with van der Waals surface area (Å²) >= 11 is 0. The largest absolute Gasteiger partial charge is 0.479 e. The number of nitrogens with one attached hydrogen (secondary N) is 1. The minimum absolute atomic E-state index is 0.00518. The predicted molar refractivity (Wildman–Crippen MR) is 75.6 cm³/mol. The predicted octanol–water partition coefficient (Wildman–Crippen LogP) is 1.55. The van der Waals surface area contributed by atoms with Gasteiger partial charge in [-0.15, -0.1) is 0 Å². The van der Waals surface area contributed by atoms with Crippen LogP contribution in [0.2, 0.25) is 0 Å². The fraction of sp³-hybridized carbons (Fsp3) is 0.857. The molecule has 1 heterocycles. The van der Waals surface area contributed by atoms with Gasteiger partial charge in [0.25, 0.3) is 0 Å². The zero-order valence-corrected chi connectivity index (χ0v) is 12.6. The number of likely N-dealkylation sites (tertiary alicyclic amines) is 1. The van der Waals surface area contributed by atoms with E-state index in [1.807, 2.05) is 0 Å². The van der Waals surface area contributed by atoms with Gasteiger partial charge in [-0.3, -0.25) is 0 Å². The van der Waals surface area contributed by atoms with Crippen molar-refractivity contribution >= 4 is 12.0 Å². The summed E-state index contributed by atoms with van der Waals surface area (Å²) in [5.41, 5.74) is 0. The number of nitrogens with zero attached hydrogens (tertiary/aromatic N) is 1. The first-order valence-electron chi connectivity index (χ1n) is 7.24. The molecule has 1 aliphatic heterocycles. The van der Waals surface area contributed by atoms with Gasteiger partial charge >= 0.3 is 12.0 Å². The van der Waals surface area contributed by atoms with E-state index in [1.165, 1.54) is 7.11 Å². The molecule has 0 aromatic rings. The lowest BCUT2D eigenvalue weighted by molar-refractivity contribution is -0.148. The maximum absolute atomic E-state index is 12.0. The molecule has 0 spiro atoms. The molecule has 2 unspecified atom stereocenters. The lowest BCUT2D eigenvalue weighted by Crippen LogP contribution is -2.45. The third-order valence-electron chi connectivity index (χ3n) is 4.00. The summed E-state index contributed by atoms with van der Waals surface area (Å²) in [5, 5.41) is 11.5. The van der Waals surface area contributed by atoms with Crippen LogP contribution in [0.5, 0.6) is 0 Å². The highest BCUT2D eigenvalue weighted by Crippen LogP contribution is 2.24. The van der Waals surface area contributed by atoms with Crippen molar-refractivity contribution < 1.29 is 19.4 Å². The molecule has 2 amide bonds. The van der Waals surface area contributed by atoms with Gasteiger partial charge in [-0.25, -0.2) is 9.59 Å². The van der Waals surface area contributed by atoms with Gasteiger partial charge in [0.15, 0.2) is 6.10 Å². The molecule has 6 nitrogen and oxygen atoms in total. The van der Waals surface area contributed by atoms with E-state index in [9.17, 15) is 9.59 Å². The van der Waals surface area contributed by atoms with Crippen molar-refractivity contribution in [1.82, 2.24) is 10.2 Å². The molecule has 0 aromatic heterocycles. The van der Waals surface area contributed by atoms with Crippen LogP contribution in [0.25, 0.3) is 0 Å². The smallest absolute Gasteiger partial charge is 0.334 e. The number of methoxy groups -OCH3 is 1. The second-order valence-corrected chi connectivity index (χ2v) is 5.67. The van der Waals surface area contributed by atoms with Gasteiger partial charge in [0.1, 0.15) is 0 Å². The van der Waals surface area contributed by atoms with Gasteiger partial charge in [0, 0.05) is 20.2 Å². The molecule has 0 bridgehead atoms. The average Bonchev–Trinajstić information content (AvgIpc) is 2.64. The Kier molecular flexibility index (Phi) is 6.78. The fourth-order valence-corrected chi connectivity index (χ4v) is 2.56. The monoisotopic (exact) mass is 286 g/mol. The number of carboxylic acids is 1. The highest BCUT2D eigenvalue weighted by Gasteiger charge is 2.23. The molecular weight excluding hydrogens is 260 g/mol. The summed E-state index contributed by atoms with van der Waals surface area (Å²) in [5.74, 6) is 0.241. The van der Waals surface area contributed by atoms with E-state index in [2.05, 4.69) is 19.2 Å². The Labute approximate surface area is 120 Å². The number of urea groups is 1. The number of carbonyl (C=O) groups is 2. The van der Waals surface area contributed by atoms with E-state index in [0.29, 0.717) is 11.8 Å². The van der Waals surface area contributed by atoms with Crippen LogP contribution in [0, 0.1) is 11.8 Å². The zero-order valence-electron chi connectivity index (χ0n) is 12.6. The molecular formula is C14H26N2O4. The first-order valence-corrected chi connectivity index (χ1v) is 7.24. The molecule has 2 atom stereocenters. The van der Waals surface area contributed by atoms with Crippen molar-refractivity contribution in [2.75, 3.05) is 26.7 Å². The SMILES string of the molecule is COC(CNC(=O)N1CCCC(C(C)C)CC1)C(=O)O. The number of carboxylic acid groups (broad SMARTS) is 1. The van der Waals surface area contributed by atoms with E-state index in [-0.39, 0.29) is 12.6 Å². The molecule has 6 heteroatoms. The van der Waals surface area contributed by atoms with Gasteiger partial charge in [-0.2, -0.15) is 0 Å². The molecule has 2 N–H and O–H groups in total. The van der Waals surface area contributed by atoms with Gasteiger partial charge in [0.05, 0.1) is 6.54 Å². The van der Waals surface area contributed by atoms with Gasteiger partial charge in [0.2, 0.25) is 0 Å². The summed E-state index contributed by atoms with van der Waals surface area (Å²) in [4.78, 5) is 24.6. The second-order valence-electron chi connectivity index (χ2n) is 5.67.